The highest BCUT2D eigenvalue weighted by Gasteiger charge is 2.35. The van der Waals surface area contributed by atoms with E-state index in [1.54, 1.807) is 13.2 Å². The average Bonchev–Trinajstić information content (AvgIpc) is 2.91. The van der Waals surface area contributed by atoms with Crippen LogP contribution < -0.4 is 4.74 Å². The fourth-order valence-electron chi connectivity index (χ4n) is 5.04. The van der Waals surface area contributed by atoms with E-state index in [0.717, 1.165) is 44.6 Å². The van der Waals surface area contributed by atoms with Crippen molar-refractivity contribution >= 4 is 34.3 Å². The molecule has 7 heteroatoms. The molecule has 2 aromatic carbocycles. The number of thioether (sulfide) groups is 1. The molecule has 4 nitrogen and oxygen atoms in total. The zero-order valence-electron chi connectivity index (χ0n) is 21.2. The summed E-state index contributed by atoms with van der Waals surface area (Å²) in [5.41, 5.74) is 2.22. The van der Waals surface area contributed by atoms with Gasteiger partial charge in [-0.15, -0.1) is 11.8 Å². The summed E-state index contributed by atoms with van der Waals surface area (Å²) in [6.07, 6.45) is 4.16. The van der Waals surface area contributed by atoms with Gasteiger partial charge in [0.15, 0.2) is 0 Å². The molecular formula is C29H36ClFN2O2S. The monoisotopic (exact) mass is 530 g/mol. The lowest BCUT2D eigenvalue weighted by atomic mass is 9.74. The Morgan fingerprint density at radius 2 is 1.94 bits per heavy atom. The van der Waals surface area contributed by atoms with Crippen molar-refractivity contribution in [2.75, 3.05) is 39.1 Å². The molecule has 4 rings (SSSR count). The van der Waals surface area contributed by atoms with E-state index >= 15 is 4.39 Å². The first-order valence-corrected chi connectivity index (χ1v) is 14.1. The summed E-state index contributed by atoms with van der Waals surface area (Å²) in [6, 6.07) is 14.1. The van der Waals surface area contributed by atoms with Crippen LogP contribution in [-0.4, -0.2) is 54.1 Å². The summed E-state index contributed by atoms with van der Waals surface area (Å²) in [5.74, 6) is 1.75. The molecule has 1 aromatic heterocycles. The van der Waals surface area contributed by atoms with Crippen LogP contribution in [0.2, 0.25) is 5.02 Å². The van der Waals surface area contributed by atoms with Gasteiger partial charge in [0.25, 0.3) is 0 Å². The van der Waals surface area contributed by atoms with E-state index in [1.165, 1.54) is 16.7 Å². The van der Waals surface area contributed by atoms with Crippen molar-refractivity contribution in [2.24, 2.45) is 5.41 Å². The average molecular weight is 531 g/mol. The standard InChI is InChI=1S/C29H36ClFN2O2S/c1-21-4-7-23(8-5-21)36-17-3-14-33-15-12-29(20-34,13-16-33)11-10-26(31)28-24-18-22(35-2)6-9-27(24)32-19-25(28)30/h4-9,18-19,26,34H,3,10-17,20H2,1-2H3. The Hall–Kier alpha value is -1.86. The maximum absolute atomic E-state index is 15.6. The van der Waals surface area contributed by atoms with Gasteiger partial charge in [0.2, 0.25) is 0 Å². The lowest BCUT2D eigenvalue weighted by molar-refractivity contribution is 0.0304. The highest BCUT2D eigenvalue weighted by molar-refractivity contribution is 7.99. The fraction of sp³-hybridized carbons (Fsp3) is 0.483. The number of hydrogen-bond acceptors (Lipinski definition) is 5. The lowest BCUT2D eigenvalue weighted by Crippen LogP contribution is -2.42. The second kappa shape index (κ2) is 12.6. The first kappa shape index (κ1) is 27.2. The highest BCUT2D eigenvalue weighted by Crippen LogP contribution is 2.42. The Bertz CT molecular complexity index is 1140. The summed E-state index contributed by atoms with van der Waals surface area (Å²) in [7, 11) is 1.59. The van der Waals surface area contributed by atoms with Gasteiger partial charge < -0.3 is 14.7 Å². The summed E-state index contributed by atoms with van der Waals surface area (Å²) in [6.45, 7) is 5.16. The third-order valence-corrected chi connectivity index (χ3v) is 8.87. The molecule has 1 aliphatic heterocycles. The molecule has 1 aliphatic rings. The van der Waals surface area contributed by atoms with Gasteiger partial charge in [0.1, 0.15) is 11.9 Å². The molecule has 0 spiro atoms. The van der Waals surface area contributed by atoms with Crippen LogP contribution in [0, 0.1) is 12.3 Å². The number of likely N-dealkylation sites (tertiary alicyclic amines) is 1. The van der Waals surface area contributed by atoms with Gasteiger partial charge in [0, 0.05) is 28.6 Å². The number of aliphatic hydroxyl groups excluding tert-OH is 1. The van der Waals surface area contributed by atoms with Crippen molar-refractivity contribution in [2.45, 2.75) is 50.1 Å². The van der Waals surface area contributed by atoms with Gasteiger partial charge in [-0.1, -0.05) is 29.3 Å². The molecule has 0 saturated carbocycles. The molecule has 1 N–H and O–H groups in total. The predicted octanol–water partition coefficient (Wildman–Crippen LogP) is 7.25. The minimum Gasteiger partial charge on any atom is -0.497 e. The summed E-state index contributed by atoms with van der Waals surface area (Å²) >= 11 is 8.31. The number of piperidine rings is 1. The number of fused-ring (bicyclic) bond motifs is 1. The molecule has 0 aliphatic carbocycles. The first-order chi connectivity index (χ1) is 17.4. The topological polar surface area (TPSA) is 45.6 Å². The third-order valence-electron chi connectivity index (χ3n) is 7.47. The van der Waals surface area contributed by atoms with Crippen molar-refractivity contribution in [3.63, 3.8) is 0 Å². The van der Waals surface area contributed by atoms with Crippen molar-refractivity contribution < 1.29 is 14.2 Å². The number of hydrogen-bond donors (Lipinski definition) is 1. The van der Waals surface area contributed by atoms with Crippen molar-refractivity contribution in [1.29, 1.82) is 0 Å². The van der Waals surface area contributed by atoms with Gasteiger partial charge in [-0.3, -0.25) is 4.98 Å². The first-order valence-electron chi connectivity index (χ1n) is 12.7. The number of aliphatic hydroxyl groups is 1. The predicted molar refractivity (Wildman–Crippen MR) is 148 cm³/mol. The second-order valence-corrected chi connectivity index (χ2v) is 11.5. The maximum atomic E-state index is 15.6. The van der Waals surface area contributed by atoms with Crippen molar-refractivity contribution in [1.82, 2.24) is 9.88 Å². The lowest BCUT2D eigenvalue weighted by Gasteiger charge is -2.41. The van der Waals surface area contributed by atoms with Crippen LogP contribution in [0.1, 0.15) is 49.4 Å². The molecule has 1 unspecified atom stereocenters. The van der Waals surface area contributed by atoms with Gasteiger partial charge in [-0.25, -0.2) is 4.39 Å². The van der Waals surface area contributed by atoms with Crippen LogP contribution in [0.4, 0.5) is 4.39 Å². The number of alkyl halides is 1. The fourth-order valence-corrected chi connectivity index (χ4v) is 6.15. The zero-order chi connectivity index (χ0) is 25.5. The van der Waals surface area contributed by atoms with E-state index < -0.39 is 6.17 Å². The van der Waals surface area contributed by atoms with Gasteiger partial charge in [0.05, 0.1) is 17.6 Å². The zero-order valence-corrected chi connectivity index (χ0v) is 22.8. The van der Waals surface area contributed by atoms with Crippen LogP contribution in [-0.2, 0) is 0 Å². The SMILES string of the molecule is COc1ccc2ncc(Cl)c(C(F)CCC3(CO)CCN(CCCSc4ccc(C)cc4)CC3)c2c1. The second-order valence-electron chi connectivity index (χ2n) is 9.92. The molecule has 1 fully saturated rings. The summed E-state index contributed by atoms with van der Waals surface area (Å²) in [4.78, 5) is 8.14. The molecule has 0 amide bonds. The molecule has 0 bridgehead atoms. The molecule has 1 saturated heterocycles. The largest absolute Gasteiger partial charge is 0.497 e. The smallest absolute Gasteiger partial charge is 0.127 e. The third kappa shape index (κ3) is 6.71. The van der Waals surface area contributed by atoms with Gasteiger partial charge in [-0.2, -0.15) is 0 Å². The van der Waals surface area contributed by atoms with Gasteiger partial charge in [-0.05, 0) is 100 Å². The molecule has 36 heavy (non-hydrogen) atoms. The molecule has 3 aromatic rings. The Balaban J connectivity index is 1.29. The van der Waals surface area contributed by atoms with Crippen molar-refractivity contribution in [3.8, 4) is 5.75 Å². The number of pyridine rings is 1. The highest BCUT2D eigenvalue weighted by atomic mass is 35.5. The van der Waals surface area contributed by atoms with E-state index in [4.69, 9.17) is 16.3 Å². The van der Waals surface area contributed by atoms with E-state index in [2.05, 4.69) is 41.1 Å². The summed E-state index contributed by atoms with van der Waals surface area (Å²) < 4.78 is 20.9. The van der Waals surface area contributed by atoms with E-state index in [0.29, 0.717) is 40.1 Å². The number of aromatic nitrogens is 1. The number of benzene rings is 2. The Morgan fingerprint density at radius 3 is 2.64 bits per heavy atom. The Kier molecular flexibility index (Phi) is 9.51. The Morgan fingerprint density at radius 1 is 1.19 bits per heavy atom. The van der Waals surface area contributed by atoms with Crippen LogP contribution in [0.15, 0.2) is 53.6 Å². The van der Waals surface area contributed by atoms with Crippen molar-refractivity contribution in [3.05, 3.63) is 64.8 Å². The molecule has 1 atom stereocenters. The molecule has 194 valence electrons. The number of rotatable bonds is 11. The quantitative estimate of drug-likeness (QED) is 0.209. The van der Waals surface area contributed by atoms with E-state index in [-0.39, 0.29) is 12.0 Å². The number of methoxy groups -OCH3 is 1. The van der Waals surface area contributed by atoms with Crippen LogP contribution in [0.25, 0.3) is 10.9 Å². The normalized spacial score (nSPS) is 16.8. The van der Waals surface area contributed by atoms with Crippen LogP contribution in [0.5, 0.6) is 5.75 Å². The molecule has 0 radical (unpaired) electrons. The van der Waals surface area contributed by atoms with E-state index in [1.807, 2.05) is 23.9 Å². The number of aryl methyl sites for hydroxylation is 1. The maximum Gasteiger partial charge on any atom is 0.127 e. The number of halogens is 2. The Labute approximate surface area is 223 Å². The minimum atomic E-state index is -1.23. The minimum absolute atomic E-state index is 0.0927. The number of nitrogens with zero attached hydrogens (tertiary/aromatic N) is 2. The van der Waals surface area contributed by atoms with Gasteiger partial charge >= 0.3 is 0 Å². The van der Waals surface area contributed by atoms with E-state index in [9.17, 15) is 5.11 Å². The molecular weight excluding hydrogens is 495 g/mol. The van der Waals surface area contributed by atoms with Crippen LogP contribution in [0.3, 0.4) is 0 Å². The van der Waals surface area contributed by atoms with Crippen LogP contribution >= 0.6 is 23.4 Å². The number of ether oxygens (including phenoxy) is 1. The molecule has 2 heterocycles. The summed E-state index contributed by atoms with van der Waals surface area (Å²) in [5, 5.41) is 11.3.